The maximum Gasteiger partial charge on any atom is 0.241 e. The number of nitrogens with one attached hydrogen (secondary N) is 2. The second-order valence-electron chi connectivity index (χ2n) is 5.02. The molecule has 1 amide bonds. The highest BCUT2D eigenvalue weighted by molar-refractivity contribution is 7.89. The Kier molecular flexibility index (Phi) is 7.31. The van der Waals surface area contributed by atoms with Gasteiger partial charge >= 0.3 is 0 Å². The van der Waals surface area contributed by atoms with Crippen molar-refractivity contribution < 1.29 is 22.7 Å². The van der Waals surface area contributed by atoms with Gasteiger partial charge in [0.25, 0.3) is 0 Å². The summed E-state index contributed by atoms with van der Waals surface area (Å²) in [4.78, 5) is 11.6. The van der Waals surface area contributed by atoms with Crippen molar-refractivity contribution in [3.63, 3.8) is 0 Å². The van der Waals surface area contributed by atoms with Gasteiger partial charge in [0.15, 0.2) is 11.5 Å². The molecule has 1 rings (SSSR count). The predicted molar refractivity (Wildman–Crippen MR) is 87.2 cm³/mol. The summed E-state index contributed by atoms with van der Waals surface area (Å²) in [5, 5.41) is 2.61. The smallest absolute Gasteiger partial charge is 0.241 e. The van der Waals surface area contributed by atoms with Crippen molar-refractivity contribution in [3.05, 3.63) is 18.2 Å². The second kappa shape index (κ2) is 8.73. The second-order valence-corrected chi connectivity index (χ2v) is 6.79. The van der Waals surface area contributed by atoms with Crippen LogP contribution in [0.25, 0.3) is 0 Å². The minimum Gasteiger partial charge on any atom is -0.490 e. The van der Waals surface area contributed by atoms with Crippen molar-refractivity contribution in [2.24, 2.45) is 0 Å². The number of benzene rings is 1. The van der Waals surface area contributed by atoms with Crippen LogP contribution in [0.1, 0.15) is 27.7 Å². The molecule has 0 atom stereocenters. The van der Waals surface area contributed by atoms with Gasteiger partial charge in [0.2, 0.25) is 15.9 Å². The van der Waals surface area contributed by atoms with Crippen molar-refractivity contribution in [3.8, 4) is 11.5 Å². The maximum absolute atomic E-state index is 12.3. The molecule has 0 bridgehead atoms. The van der Waals surface area contributed by atoms with Gasteiger partial charge in [0.05, 0.1) is 24.7 Å². The third-order valence-electron chi connectivity index (χ3n) is 2.70. The van der Waals surface area contributed by atoms with Crippen LogP contribution in [0.15, 0.2) is 23.1 Å². The zero-order valence-electron chi connectivity index (χ0n) is 13.9. The van der Waals surface area contributed by atoms with Crippen molar-refractivity contribution >= 4 is 15.9 Å². The summed E-state index contributed by atoms with van der Waals surface area (Å²) in [5.41, 5.74) is 0. The summed E-state index contributed by atoms with van der Waals surface area (Å²) in [6.07, 6.45) is 0. The first-order valence-electron chi connectivity index (χ1n) is 7.48. The fourth-order valence-corrected chi connectivity index (χ4v) is 2.81. The summed E-state index contributed by atoms with van der Waals surface area (Å²) in [7, 11) is -3.81. The molecule has 0 saturated carbocycles. The highest BCUT2D eigenvalue weighted by Crippen LogP contribution is 2.30. The van der Waals surface area contributed by atoms with Crippen LogP contribution in [0.4, 0.5) is 0 Å². The van der Waals surface area contributed by atoms with E-state index in [1.807, 2.05) is 6.92 Å². The fraction of sp³-hybridized carbons (Fsp3) is 0.533. The average Bonchev–Trinajstić information content (AvgIpc) is 2.47. The summed E-state index contributed by atoms with van der Waals surface area (Å²) in [6.45, 7) is 7.73. The average molecular weight is 344 g/mol. The molecule has 1 aromatic carbocycles. The number of hydrogen-bond acceptors (Lipinski definition) is 5. The van der Waals surface area contributed by atoms with Crippen LogP contribution in [0.3, 0.4) is 0 Å². The van der Waals surface area contributed by atoms with Crippen LogP contribution in [-0.2, 0) is 14.8 Å². The van der Waals surface area contributed by atoms with Crippen LogP contribution in [0, 0.1) is 0 Å². The van der Waals surface area contributed by atoms with Crippen molar-refractivity contribution in [1.82, 2.24) is 10.0 Å². The van der Waals surface area contributed by atoms with Gasteiger partial charge in [0, 0.05) is 12.1 Å². The minimum absolute atomic E-state index is 0.0155. The van der Waals surface area contributed by atoms with Gasteiger partial charge in [-0.3, -0.25) is 4.79 Å². The van der Waals surface area contributed by atoms with Crippen LogP contribution < -0.4 is 19.5 Å². The molecule has 0 radical (unpaired) electrons. The lowest BCUT2D eigenvalue weighted by molar-refractivity contribution is -0.120. The zero-order chi connectivity index (χ0) is 17.5. The van der Waals surface area contributed by atoms with E-state index < -0.39 is 10.0 Å². The fourth-order valence-electron chi connectivity index (χ4n) is 1.82. The Hall–Kier alpha value is -1.80. The van der Waals surface area contributed by atoms with E-state index >= 15 is 0 Å². The number of sulfonamides is 1. The van der Waals surface area contributed by atoms with Crippen molar-refractivity contribution in [2.45, 2.75) is 38.6 Å². The molecule has 23 heavy (non-hydrogen) atoms. The van der Waals surface area contributed by atoms with Crippen LogP contribution in [0.5, 0.6) is 11.5 Å². The lowest BCUT2D eigenvalue weighted by Crippen LogP contribution is -2.39. The Morgan fingerprint density at radius 3 is 2.30 bits per heavy atom. The summed E-state index contributed by atoms with van der Waals surface area (Å²) < 4.78 is 37.6. The number of ether oxygens (including phenoxy) is 2. The van der Waals surface area contributed by atoms with E-state index in [0.29, 0.717) is 24.7 Å². The Labute approximate surface area is 137 Å². The Balaban J connectivity index is 2.91. The maximum atomic E-state index is 12.3. The Morgan fingerprint density at radius 1 is 1.13 bits per heavy atom. The molecule has 2 N–H and O–H groups in total. The number of hydrogen-bond donors (Lipinski definition) is 2. The lowest BCUT2D eigenvalue weighted by atomic mass is 10.3. The molecule has 0 saturated heterocycles. The van der Waals surface area contributed by atoms with E-state index in [4.69, 9.17) is 9.47 Å². The first-order valence-corrected chi connectivity index (χ1v) is 8.97. The lowest BCUT2D eigenvalue weighted by Gasteiger charge is -2.13. The van der Waals surface area contributed by atoms with E-state index in [1.54, 1.807) is 20.8 Å². The molecule has 1 aromatic rings. The Morgan fingerprint density at radius 2 is 1.74 bits per heavy atom. The molecule has 0 aliphatic heterocycles. The molecule has 0 aliphatic carbocycles. The predicted octanol–water partition coefficient (Wildman–Crippen LogP) is 1.29. The standard InChI is InChI=1S/C15H24N2O5S/c1-5-21-13-8-7-12(9-14(13)22-6-2)23(19,20)16-10-15(18)17-11(3)4/h7-9,11,16H,5-6,10H2,1-4H3,(H,17,18). The number of carbonyl (C=O) groups is 1. The van der Waals surface area contributed by atoms with Crippen molar-refractivity contribution in [2.75, 3.05) is 19.8 Å². The summed E-state index contributed by atoms with van der Waals surface area (Å²) >= 11 is 0. The molecule has 130 valence electrons. The van der Waals surface area contributed by atoms with Gasteiger partial charge in [-0.2, -0.15) is 0 Å². The zero-order valence-corrected chi connectivity index (χ0v) is 14.7. The molecule has 0 spiro atoms. The van der Waals surface area contributed by atoms with Crippen LogP contribution >= 0.6 is 0 Å². The van der Waals surface area contributed by atoms with Crippen molar-refractivity contribution in [1.29, 1.82) is 0 Å². The molecule has 0 heterocycles. The minimum atomic E-state index is -3.81. The quantitative estimate of drug-likeness (QED) is 0.704. The van der Waals surface area contributed by atoms with E-state index in [9.17, 15) is 13.2 Å². The van der Waals surface area contributed by atoms with Gasteiger partial charge in [0.1, 0.15) is 0 Å². The highest BCUT2D eigenvalue weighted by atomic mass is 32.2. The van der Waals surface area contributed by atoms with Crippen LogP contribution in [0.2, 0.25) is 0 Å². The first kappa shape index (κ1) is 19.2. The number of amides is 1. The third-order valence-corrected chi connectivity index (χ3v) is 4.10. The topological polar surface area (TPSA) is 93.7 Å². The molecule has 0 fully saturated rings. The summed E-state index contributed by atoms with van der Waals surface area (Å²) in [6, 6.07) is 4.28. The molecule has 0 aromatic heterocycles. The molecular weight excluding hydrogens is 320 g/mol. The van der Waals surface area contributed by atoms with Gasteiger partial charge < -0.3 is 14.8 Å². The third kappa shape index (κ3) is 6.07. The molecule has 0 aliphatic rings. The number of carbonyl (C=O) groups excluding carboxylic acids is 1. The van der Waals surface area contributed by atoms with E-state index in [2.05, 4.69) is 10.0 Å². The van der Waals surface area contributed by atoms with Gasteiger partial charge in [-0.15, -0.1) is 0 Å². The summed E-state index contributed by atoms with van der Waals surface area (Å²) in [5.74, 6) is 0.439. The van der Waals surface area contributed by atoms with E-state index in [0.717, 1.165) is 0 Å². The van der Waals surface area contributed by atoms with Gasteiger partial charge in [-0.25, -0.2) is 13.1 Å². The molecule has 8 heteroatoms. The normalized spacial score (nSPS) is 11.3. The van der Waals surface area contributed by atoms with E-state index in [1.165, 1.54) is 18.2 Å². The Bertz CT molecular complexity index is 629. The monoisotopic (exact) mass is 344 g/mol. The first-order chi connectivity index (χ1) is 10.8. The molecular formula is C15H24N2O5S. The highest BCUT2D eigenvalue weighted by Gasteiger charge is 2.18. The van der Waals surface area contributed by atoms with Gasteiger partial charge in [-0.1, -0.05) is 0 Å². The molecule has 7 nitrogen and oxygen atoms in total. The van der Waals surface area contributed by atoms with Crippen LogP contribution in [-0.4, -0.2) is 40.1 Å². The van der Waals surface area contributed by atoms with E-state index in [-0.39, 0.29) is 23.4 Å². The molecule has 0 unspecified atom stereocenters. The SMILES string of the molecule is CCOc1ccc(S(=O)(=O)NCC(=O)NC(C)C)cc1OCC. The number of rotatable bonds is 9. The van der Waals surface area contributed by atoms with Gasteiger partial charge in [-0.05, 0) is 39.8 Å². The largest absolute Gasteiger partial charge is 0.490 e.